The Hall–Kier alpha value is -1.80. The third-order valence-corrected chi connectivity index (χ3v) is 5.15. The van der Waals surface area contributed by atoms with Gasteiger partial charge in [0, 0.05) is 25.7 Å². The van der Waals surface area contributed by atoms with Crippen LogP contribution in [0.3, 0.4) is 0 Å². The highest BCUT2D eigenvalue weighted by molar-refractivity contribution is 5.85. The van der Waals surface area contributed by atoms with Crippen molar-refractivity contribution in [2.24, 2.45) is 0 Å². The van der Waals surface area contributed by atoms with E-state index < -0.39 is 17.7 Å². The zero-order valence-corrected chi connectivity index (χ0v) is 18.0. The van der Waals surface area contributed by atoms with Crippen molar-refractivity contribution in [3.8, 4) is 0 Å². The Labute approximate surface area is 186 Å². The largest absolute Gasteiger partial charge is 0.480 e. The number of carboxylic acid groups (broad SMARTS) is 1. The van der Waals surface area contributed by atoms with Crippen LogP contribution in [-0.4, -0.2) is 53.1 Å². The third kappa shape index (κ3) is 6.35. The first-order chi connectivity index (χ1) is 13.3. The number of carbonyl (C=O) groups is 1. The molecule has 0 saturated carbocycles. The minimum Gasteiger partial charge on any atom is -0.480 e. The van der Waals surface area contributed by atoms with E-state index >= 15 is 0 Å². The van der Waals surface area contributed by atoms with Gasteiger partial charge in [-0.1, -0.05) is 42.5 Å². The number of piperazine rings is 1. The molecule has 1 aliphatic rings. The van der Waals surface area contributed by atoms with Crippen LogP contribution in [0.25, 0.3) is 0 Å². The molecule has 0 aliphatic carbocycles. The van der Waals surface area contributed by atoms with Gasteiger partial charge in [-0.2, -0.15) is 13.2 Å². The van der Waals surface area contributed by atoms with Gasteiger partial charge in [-0.25, -0.2) is 0 Å². The fourth-order valence-corrected chi connectivity index (χ4v) is 3.80. The van der Waals surface area contributed by atoms with Crippen LogP contribution < -0.4 is 0 Å². The highest BCUT2D eigenvalue weighted by Gasteiger charge is 2.34. The van der Waals surface area contributed by atoms with Crippen LogP contribution >= 0.6 is 24.8 Å². The van der Waals surface area contributed by atoms with Crippen LogP contribution in [-0.2, 0) is 11.0 Å². The van der Waals surface area contributed by atoms with Gasteiger partial charge in [0.1, 0.15) is 0 Å². The Morgan fingerprint density at radius 3 is 2.27 bits per heavy atom. The quantitative estimate of drug-likeness (QED) is 0.694. The summed E-state index contributed by atoms with van der Waals surface area (Å²) < 4.78 is 39.7. The van der Waals surface area contributed by atoms with E-state index in [1.165, 1.54) is 12.1 Å². The lowest BCUT2D eigenvalue weighted by Gasteiger charge is -2.43. The van der Waals surface area contributed by atoms with Crippen molar-refractivity contribution in [3.63, 3.8) is 0 Å². The number of carboxylic acids is 1. The van der Waals surface area contributed by atoms with Gasteiger partial charge in [-0.3, -0.25) is 14.6 Å². The summed E-state index contributed by atoms with van der Waals surface area (Å²) in [5.41, 5.74) is 0.837. The normalized spacial score (nSPS) is 18.7. The fraction of sp³-hybridized carbons (Fsp3) is 0.381. The first-order valence-corrected chi connectivity index (χ1v) is 9.17. The molecule has 1 N–H and O–H groups in total. The Bertz CT molecular complexity index is 821. The molecule has 0 spiro atoms. The summed E-state index contributed by atoms with van der Waals surface area (Å²) in [6.45, 7) is 3.62. The predicted octanol–water partition coefficient (Wildman–Crippen LogP) is 4.73. The molecule has 4 nitrogen and oxygen atoms in total. The van der Waals surface area contributed by atoms with E-state index in [0.29, 0.717) is 25.2 Å². The van der Waals surface area contributed by atoms with E-state index in [2.05, 4.69) is 4.90 Å². The topological polar surface area (TPSA) is 43.8 Å². The van der Waals surface area contributed by atoms with Gasteiger partial charge in [-0.05, 0) is 30.2 Å². The zero-order valence-electron chi connectivity index (χ0n) is 16.4. The molecule has 0 aromatic heterocycles. The molecule has 2 atom stereocenters. The van der Waals surface area contributed by atoms with Crippen molar-refractivity contribution in [1.29, 1.82) is 0 Å². The van der Waals surface area contributed by atoms with Gasteiger partial charge < -0.3 is 5.11 Å². The molecule has 0 bridgehead atoms. The van der Waals surface area contributed by atoms with Gasteiger partial charge in [0.2, 0.25) is 0 Å². The summed E-state index contributed by atoms with van der Waals surface area (Å²) in [7, 11) is 0. The van der Waals surface area contributed by atoms with Crippen molar-refractivity contribution in [2.45, 2.75) is 25.2 Å². The third-order valence-electron chi connectivity index (χ3n) is 5.15. The molecule has 0 amide bonds. The van der Waals surface area contributed by atoms with Crippen molar-refractivity contribution < 1.29 is 23.1 Å². The van der Waals surface area contributed by atoms with Crippen LogP contribution in [0.1, 0.15) is 29.7 Å². The molecule has 9 heteroatoms. The predicted molar refractivity (Wildman–Crippen MR) is 114 cm³/mol. The molecule has 1 saturated heterocycles. The minimum absolute atomic E-state index is 0. The highest BCUT2D eigenvalue weighted by atomic mass is 35.5. The van der Waals surface area contributed by atoms with Crippen LogP contribution in [0.5, 0.6) is 0 Å². The molecule has 2 aromatic carbocycles. The maximum Gasteiger partial charge on any atom is 0.416 e. The van der Waals surface area contributed by atoms with E-state index in [-0.39, 0.29) is 43.4 Å². The van der Waals surface area contributed by atoms with Gasteiger partial charge in [0.25, 0.3) is 0 Å². The Morgan fingerprint density at radius 1 is 1.07 bits per heavy atom. The highest BCUT2D eigenvalue weighted by Crippen LogP contribution is 2.35. The minimum atomic E-state index is -4.40. The van der Waals surface area contributed by atoms with Crippen LogP contribution in [0.4, 0.5) is 13.2 Å². The number of nitrogens with zero attached hydrogens (tertiary/aromatic N) is 2. The van der Waals surface area contributed by atoms with Crippen LogP contribution in [0, 0.1) is 0 Å². The maximum absolute atomic E-state index is 13.2. The number of rotatable bonds is 5. The average molecular weight is 465 g/mol. The second-order valence-electron chi connectivity index (χ2n) is 7.14. The van der Waals surface area contributed by atoms with E-state index in [1.807, 2.05) is 42.2 Å². The second kappa shape index (κ2) is 11.0. The Morgan fingerprint density at radius 2 is 1.70 bits per heavy atom. The molecular weight excluding hydrogens is 440 g/mol. The maximum atomic E-state index is 13.2. The van der Waals surface area contributed by atoms with E-state index in [4.69, 9.17) is 5.11 Å². The summed E-state index contributed by atoms with van der Waals surface area (Å²) in [5, 5.41) is 9.06. The summed E-state index contributed by atoms with van der Waals surface area (Å²) >= 11 is 0. The Kier molecular flexibility index (Phi) is 9.62. The van der Waals surface area contributed by atoms with E-state index in [1.54, 1.807) is 6.07 Å². The summed E-state index contributed by atoms with van der Waals surface area (Å²) in [6, 6.07) is 14.6. The lowest BCUT2D eigenvalue weighted by atomic mass is 9.94. The number of aliphatic carboxylic acids is 1. The summed E-state index contributed by atoms with van der Waals surface area (Å²) in [4.78, 5) is 15.1. The molecule has 1 heterocycles. The van der Waals surface area contributed by atoms with E-state index in [9.17, 15) is 18.0 Å². The monoisotopic (exact) mass is 464 g/mol. The molecule has 1 unspecified atom stereocenters. The number of alkyl halides is 3. The molecule has 1 aliphatic heterocycles. The second-order valence-corrected chi connectivity index (χ2v) is 7.14. The SMILES string of the molecule is C[C@H]1CN(C(c2ccccc2)c2cccc(C(F)(F)F)c2)CCN1CC(=O)O.Cl.Cl. The molecule has 166 valence electrons. The van der Waals surface area contributed by atoms with Gasteiger partial charge in [-0.15, -0.1) is 24.8 Å². The lowest BCUT2D eigenvalue weighted by molar-refractivity contribution is -0.139. The lowest BCUT2D eigenvalue weighted by Crippen LogP contribution is -2.54. The smallest absolute Gasteiger partial charge is 0.416 e. The van der Waals surface area contributed by atoms with Crippen molar-refractivity contribution in [3.05, 3.63) is 71.3 Å². The average Bonchev–Trinajstić information content (AvgIpc) is 2.64. The van der Waals surface area contributed by atoms with E-state index in [0.717, 1.165) is 11.6 Å². The molecule has 0 radical (unpaired) electrons. The molecule has 2 aromatic rings. The first kappa shape index (κ1) is 26.2. The number of hydrogen-bond acceptors (Lipinski definition) is 3. The molecule has 30 heavy (non-hydrogen) atoms. The van der Waals surface area contributed by atoms with Gasteiger partial charge >= 0.3 is 12.1 Å². The van der Waals surface area contributed by atoms with Crippen LogP contribution in [0.2, 0.25) is 0 Å². The van der Waals surface area contributed by atoms with Gasteiger partial charge in [0.05, 0.1) is 18.2 Å². The summed E-state index contributed by atoms with van der Waals surface area (Å²) in [5.74, 6) is -0.877. The number of hydrogen-bond donors (Lipinski definition) is 1. The standard InChI is InChI=1S/C21H23F3N2O2.2ClH/c1-15-13-26(11-10-25(15)14-19(27)28)20(16-6-3-2-4-7-16)17-8-5-9-18(12-17)21(22,23)24;;/h2-9,12,15,20H,10-11,13-14H2,1H3,(H,27,28);2*1H/t15-,20?;;/m0../s1. The van der Waals surface area contributed by atoms with Crippen LogP contribution in [0.15, 0.2) is 54.6 Å². The van der Waals surface area contributed by atoms with Crippen molar-refractivity contribution in [2.75, 3.05) is 26.2 Å². The van der Waals surface area contributed by atoms with Gasteiger partial charge in [0.15, 0.2) is 0 Å². The summed E-state index contributed by atoms with van der Waals surface area (Å²) in [6.07, 6.45) is -4.40. The molecule has 1 fully saturated rings. The zero-order chi connectivity index (χ0) is 20.3. The first-order valence-electron chi connectivity index (χ1n) is 9.17. The molecule has 3 rings (SSSR count). The molecular formula is C21H25Cl2F3N2O2. The fourth-order valence-electron chi connectivity index (χ4n) is 3.80. The number of benzene rings is 2. The van der Waals surface area contributed by atoms with Crippen molar-refractivity contribution >= 4 is 30.8 Å². The Balaban J connectivity index is 0.00000225. The number of halogens is 5. The van der Waals surface area contributed by atoms with Crippen molar-refractivity contribution in [1.82, 2.24) is 9.80 Å².